The van der Waals surface area contributed by atoms with Crippen molar-refractivity contribution in [3.8, 4) is 0 Å². The lowest BCUT2D eigenvalue weighted by Gasteiger charge is -2.06. The van der Waals surface area contributed by atoms with Gasteiger partial charge in [-0.05, 0) is 37.1 Å². The number of carbonyl (C=O) groups excluding carboxylic acids is 1. The molecule has 3 heteroatoms. The van der Waals surface area contributed by atoms with Crippen LogP contribution in [-0.4, -0.2) is 13.0 Å². The number of halogens is 1. The van der Waals surface area contributed by atoms with Gasteiger partial charge in [0.2, 0.25) is 0 Å². The van der Waals surface area contributed by atoms with Crippen molar-refractivity contribution in [3.05, 3.63) is 33.8 Å². The monoisotopic (exact) mass is 197 g/mol. The Morgan fingerprint density at radius 1 is 1.31 bits per heavy atom. The maximum atomic E-state index is 11.3. The molecular weight excluding hydrogens is 186 g/mol. The standard InChI is InChI=1S/C10H12ClNO/c1-6-4-8(10(13)12-3)5-7(2)9(6)11/h4-5H,1-3H3,(H,12,13). The Kier molecular flexibility index (Phi) is 2.94. The average Bonchev–Trinajstić information content (AvgIpc) is 2.12. The van der Waals surface area contributed by atoms with Crippen LogP contribution in [0.5, 0.6) is 0 Å². The van der Waals surface area contributed by atoms with Crippen molar-refractivity contribution in [2.45, 2.75) is 13.8 Å². The zero-order chi connectivity index (χ0) is 10.0. The Hall–Kier alpha value is -1.02. The average molecular weight is 198 g/mol. The fourth-order valence-electron chi connectivity index (χ4n) is 1.22. The lowest BCUT2D eigenvalue weighted by molar-refractivity contribution is 0.0963. The first kappa shape index (κ1) is 10.1. The summed E-state index contributed by atoms with van der Waals surface area (Å²) in [4.78, 5) is 11.3. The number of aryl methyl sites for hydroxylation is 2. The van der Waals surface area contributed by atoms with Crippen molar-refractivity contribution in [3.63, 3.8) is 0 Å². The maximum Gasteiger partial charge on any atom is 0.251 e. The number of hydrogen-bond donors (Lipinski definition) is 1. The number of rotatable bonds is 1. The highest BCUT2D eigenvalue weighted by atomic mass is 35.5. The van der Waals surface area contributed by atoms with Gasteiger partial charge < -0.3 is 5.32 Å². The normalized spacial score (nSPS) is 9.85. The van der Waals surface area contributed by atoms with Crippen LogP contribution < -0.4 is 5.32 Å². The second kappa shape index (κ2) is 3.79. The molecule has 2 nitrogen and oxygen atoms in total. The SMILES string of the molecule is CNC(=O)c1cc(C)c(Cl)c(C)c1. The summed E-state index contributed by atoms with van der Waals surface area (Å²) in [5.74, 6) is -0.0807. The molecule has 0 aliphatic heterocycles. The highest BCUT2D eigenvalue weighted by Crippen LogP contribution is 2.21. The number of nitrogens with one attached hydrogen (secondary N) is 1. The van der Waals surface area contributed by atoms with E-state index in [2.05, 4.69) is 5.32 Å². The highest BCUT2D eigenvalue weighted by Gasteiger charge is 2.07. The molecule has 0 heterocycles. The van der Waals surface area contributed by atoms with Gasteiger partial charge in [-0.25, -0.2) is 0 Å². The van der Waals surface area contributed by atoms with Gasteiger partial charge in [0.1, 0.15) is 0 Å². The van der Waals surface area contributed by atoms with Crippen LogP contribution in [0.1, 0.15) is 21.5 Å². The lowest BCUT2D eigenvalue weighted by atomic mass is 10.1. The van der Waals surface area contributed by atoms with E-state index in [-0.39, 0.29) is 5.91 Å². The van der Waals surface area contributed by atoms with Crippen LogP contribution in [0.25, 0.3) is 0 Å². The first-order valence-corrected chi connectivity index (χ1v) is 4.43. The fourth-order valence-corrected chi connectivity index (χ4v) is 1.33. The van der Waals surface area contributed by atoms with E-state index in [1.807, 2.05) is 13.8 Å². The molecule has 0 radical (unpaired) electrons. The molecule has 0 fully saturated rings. The number of amides is 1. The van der Waals surface area contributed by atoms with Crippen LogP contribution in [0.2, 0.25) is 5.02 Å². The molecule has 0 aromatic heterocycles. The molecule has 0 atom stereocenters. The minimum Gasteiger partial charge on any atom is -0.355 e. The Morgan fingerprint density at radius 2 is 1.77 bits per heavy atom. The van der Waals surface area contributed by atoms with E-state index < -0.39 is 0 Å². The van der Waals surface area contributed by atoms with Gasteiger partial charge >= 0.3 is 0 Å². The van der Waals surface area contributed by atoms with Gasteiger partial charge in [-0.1, -0.05) is 11.6 Å². The molecule has 13 heavy (non-hydrogen) atoms. The van der Waals surface area contributed by atoms with Crippen LogP contribution in [0.15, 0.2) is 12.1 Å². The summed E-state index contributed by atoms with van der Waals surface area (Å²) in [6.45, 7) is 3.78. The predicted octanol–water partition coefficient (Wildman–Crippen LogP) is 2.32. The van der Waals surface area contributed by atoms with E-state index in [1.54, 1.807) is 19.2 Å². The first-order valence-electron chi connectivity index (χ1n) is 4.05. The summed E-state index contributed by atoms with van der Waals surface area (Å²) in [6, 6.07) is 3.57. The molecule has 1 rings (SSSR count). The minimum absolute atomic E-state index is 0.0807. The lowest BCUT2D eigenvalue weighted by Crippen LogP contribution is -2.18. The van der Waals surface area contributed by atoms with Gasteiger partial charge in [-0.3, -0.25) is 4.79 Å². The molecule has 0 saturated heterocycles. The summed E-state index contributed by atoms with van der Waals surface area (Å²) in [5, 5.41) is 3.30. The van der Waals surface area contributed by atoms with Crippen molar-refractivity contribution in [2.24, 2.45) is 0 Å². The highest BCUT2D eigenvalue weighted by molar-refractivity contribution is 6.32. The molecular formula is C10H12ClNO. The van der Waals surface area contributed by atoms with Gasteiger partial charge in [0.15, 0.2) is 0 Å². The van der Waals surface area contributed by atoms with E-state index in [1.165, 1.54) is 0 Å². The molecule has 0 bridgehead atoms. The van der Waals surface area contributed by atoms with Crippen molar-refractivity contribution in [1.82, 2.24) is 5.32 Å². The second-order valence-electron chi connectivity index (χ2n) is 3.00. The fraction of sp³-hybridized carbons (Fsp3) is 0.300. The van der Waals surface area contributed by atoms with Crippen LogP contribution in [0.4, 0.5) is 0 Å². The third kappa shape index (κ3) is 2.01. The van der Waals surface area contributed by atoms with E-state index in [0.717, 1.165) is 16.1 Å². The molecule has 1 amide bonds. The quantitative estimate of drug-likeness (QED) is 0.736. The molecule has 1 N–H and O–H groups in total. The number of benzene rings is 1. The van der Waals surface area contributed by atoms with E-state index in [0.29, 0.717) is 5.56 Å². The largest absolute Gasteiger partial charge is 0.355 e. The van der Waals surface area contributed by atoms with Crippen molar-refractivity contribution in [1.29, 1.82) is 0 Å². The number of carbonyl (C=O) groups is 1. The van der Waals surface area contributed by atoms with Gasteiger partial charge in [0.25, 0.3) is 5.91 Å². The van der Waals surface area contributed by atoms with E-state index in [4.69, 9.17) is 11.6 Å². The van der Waals surface area contributed by atoms with Crippen LogP contribution in [0, 0.1) is 13.8 Å². The first-order chi connectivity index (χ1) is 6.06. The summed E-state index contributed by atoms with van der Waals surface area (Å²) >= 11 is 5.97. The summed E-state index contributed by atoms with van der Waals surface area (Å²) in [6.07, 6.45) is 0. The Bertz CT molecular complexity index is 324. The maximum absolute atomic E-state index is 11.3. The topological polar surface area (TPSA) is 29.1 Å². The van der Waals surface area contributed by atoms with Crippen LogP contribution >= 0.6 is 11.6 Å². The van der Waals surface area contributed by atoms with Gasteiger partial charge in [0.05, 0.1) is 0 Å². The minimum atomic E-state index is -0.0807. The molecule has 0 aliphatic rings. The van der Waals surface area contributed by atoms with Crippen LogP contribution in [0.3, 0.4) is 0 Å². The molecule has 0 unspecified atom stereocenters. The Balaban J connectivity index is 3.20. The summed E-state index contributed by atoms with van der Waals surface area (Å²) in [7, 11) is 1.61. The molecule has 1 aromatic rings. The summed E-state index contributed by atoms with van der Waals surface area (Å²) in [5.41, 5.74) is 2.52. The molecule has 0 aliphatic carbocycles. The summed E-state index contributed by atoms with van der Waals surface area (Å²) < 4.78 is 0. The number of hydrogen-bond acceptors (Lipinski definition) is 1. The van der Waals surface area contributed by atoms with Crippen molar-refractivity contribution < 1.29 is 4.79 Å². The molecule has 0 saturated carbocycles. The van der Waals surface area contributed by atoms with Crippen molar-refractivity contribution >= 4 is 17.5 Å². The Morgan fingerprint density at radius 3 is 2.15 bits per heavy atom. The van der Waals surface area contributed by atoms with Crippen molar-refractivity contribution in [2.75, 3.05) is 7.05 Å². The zero-order valence-corrected chi connectivity index (χ0v) is 8.70. The Labute approximate surface area is 82.9 Å². The van der Waals surface area contributed by atoms with E-state index in [9.17, 15) is 4.79 Å². The molecule has 1 aromatic carbocycles. The molecule has 0 spiro atoms. The van der Waals surface area contributed by atoms with Gasteiger partial charge in [0, 0.05) is 17.6 Å². The smallest absolute Gasteiger partial charge is 0.251 e. The second-order valence-corrected chi connectivity index (χ2v) is 3.38. The van der Waals surface area contributed by atoms with E-state index >= 15 is 0 Å². The van der Waals surface area contributed by atoms with Gasteiger partial charge in [-0.2, -0.15) is 0 Å². The predicted molar refractivity (Wildman–Crippen MR) is 54.3 cm³/mol. The third-order valence-corrected chi connectivity index (χ3v) is 2.52. The van der Waals surface area contributed by atoms with Gasteiger partial charge in [-0.15, -0.1) is 0 Å². The third-order valence-electron chi connectivity index (χ3n) is 1.93. The molecule has 70 valence electrons. The zero-order valence-electron chi connectivity index (χ0n) is 7.94. The van der Waals surface area contributed by atoms with Crippen LogP contribution in [-0.2, 0) is 0 Å².